The lowest BCUT2D eigenvalue weighted by Crippen LogP contribution is -2.55. The molecule has 0 saturated carbocycles. The van der Waals surface area contributed by atoms with Crippen molar-refractivity contribution < 1.29 is 9.53 Å². The zero-order chi connectivity index (χ0) is 15.8. The van der Waals surface area contributed by atoms with Crippen molar-refractivity contribution in [3.63, 3.8) is 0 Å². The quantitative estimate of drug-likeness (QED) is 0.685. The van der Waals surface area contributed by atoms with Gasteiger partial charge in [-0.05, 0) is 47.2 Å². The Labute approximate surface area is 130 Å². The van der Waals surface area contributed by atoms with Crippen LogP contribution in [0.2, 0.25) is 0 Å². The third-order valence-electron chi connectivity index (χ3n) is 4.38. The maximum atomic E-state index is 12.0. The Morgan fingerprint density at radius 1 is 1.29 bits per heavy atom. The van der Waals surface area contributed by atoms with Crippen LogP contribution in [-0.4, -0.2) is 73.7 Å². The van der Waals surface area contributed by atoms with Crippen molar-refractivity contribution in [3.05, 3.63) is 0 Å². The standard InChI is InChI=1S/C16H33N3O2/c1-6-9-17-15(16(20)21-7-2)8-10-19-11-13(3)18(5)14(4)12-19/h13-15,17H,6-12H2,1-5H3. The van der Waals surface area contributed by atoms with Crippen LogP contribution >= 0.6 is 0 Å². The number of piperazine rings is 1. The van der Waals surface area contributed by atoms with Gasteiger partial charge in [-0.15, -0.1) is 0 Å². The van der Waals surface area contributed by atoms with Crippen LogP contribution in [0.3, 0.4) is 0 Å². The number of nitrogens with one attached hydrogen (secondary N) is 1. The summed E-state index contributed by atoms with van der Waals surface area (Å²) in [6.07, 6.45) is 1.85. The van der Waals surface area contributed by atoms with E-state index < -0.39 is 0 Å². The third kappa shape index (κ3) is 5.93. The van der Waals surface area contributed by atoms with Gasteiger partial charge in [0.1, 0.15) is 6.04 Å². The molecule has 124 valence electrons. The first-order chi connectivity index (χ1) is 9.99. The summed E-state index contributed by atoms with van der Waals surface area (Å²) in [7, 11) is 2.19. The van der Waals surface area contributed by atoms with Gasteiger partial charge in [0.15, 0.2) is 0 Å². The van der Waals surface area contributed by atoms with Gasteiger partial charge in [-0.3, -0.25) is 9.69 Å². The van der Waals surface area contributed by atoms with Gasteiger partial charge in [0.2, 0.25) is 0 Å². The molecule has 1 saturated heterocycles. The van der Waals surface area contributed by atoms with Gasteiger partial charge >= 0.3 is 5.97 Å². The van der Waals surface area contributed by atoms with Gasteiger partial charge in [-0.25, -0.2) is 0 Å². The molecule has 0 bridgehead atoms. The van der Waals surface area contributed by atoms with E-state index in [9.17, 15) is 4.79 Å². The Balaban J connectivity index is 2.46. The van der Waals surface area contributed by atoms with Crippen molar-refractivity contribution in [1.29, 1.82) is 0 Å². The average Bonchev–Trinajstić information content (AvgIpc) is 2.44. The second kappa shape index (κ2) is 9.38. The summed E-state index contributed by atoms with van der Waals surface area (Å²) in [5.41, 5.74) is 0. The molecule has 1 fully saturated rings. The Kier molecular flexibility index (Phi) is 8.22. The molecule has 1 rings (SSSR count). The van der Waals surface area contributed by atoms with Gasteiger partial charge in [0.05, 0.1) is 6.61 Å². The number of carbonyl (C=O) groups is 1. The second-order valence-corrected chi connectivity index (χ2v) is 6.17. The van der Waals surface area contributed by atoms with Crippen LogP contribution in [0.5, 0.6) is 0 Å². The molecule has 0 aromatic carbocycles. The predicted octanol–water partition coefficient (Wildman–Crippen LogP) is 1.33. The number of carbonyl (C=O) groups excluding carboxylic acids is 1. The summed E-state index contributed by atoms with van der Waals surface area (Å²) in [5.74, 6) is -0.110. The fourth-order valence-corrected chi connectivity index (χ4v) is 2.87. The zero-order valence-corrected chi connectivity index (χ0v) is 14.4. The van der Waals surface area contributed by atoms with Gasteiger partial charge in [-0.2, -0.15) is 0 Å². The molecule has 5 heteroatoms. The van der Waals surface area contributed by atoms with E-state index in [1.165, 1.54) is 0 Å². The molecule has 1 heterocycles. The van der Waals surface area contributed by atoms with Crippen LogP contribution < -0.4 is 5.32 Å². The third-order valence-corrected chi connectivity index (χ3v) is 4.38. The monoisotopic (exact) mass is 299 g/mol. The van der Waals surface area contributed by atoms with Crippen LogP contribution in [-0.2, 0) is 9.53 Å². The lowest BCUT2D eigenvalue weighted by Gasteiger charge is -2.42. The summed E-state index contributed by atoms with van der Waals surface area (Å²) in [5, 5.41) is 3.31. The lowest BCUT2D eigenvalue weighted by atomic mass is 10.1. The van der Waals surface area contributed by atoms with E-state index in [2.05, 4.69) is 42.9 Å². The number of likely N-dealkylation sites (N-methyl/N-ethyl adjacent to an activating group) is 1. The van der Waals surface area contributed by atoms with Gasteiger partial charge < -0.3 is 15.0 Å². The SMILES string of the molecule is CCCNC(CCN1CC(C)N(C)C(C)C1)C(=O)OCC. The molecule has 0 aromatic rings. The Morgan fingerprint density at radius 3 is 2.43 bits per heavy atom. The number of hydrogen-bond donors (Lipinski definition) is 1. The summed E-state index contributed by atoms with van der Waals surface area (Å²) in [6, 6.07) is 0.965. The first kappa shape index (κ1) is 18.4. The molecule has 21 heavy (non-hydrogen) atoms. The minimum atomic E-state index is -0.171. The highest BCUT2D eigenvalue weighted by Gasteiger charge is 2.27. The van der Waals surface area contributed by atoms with Crippen molar-refractivity contribution in [2.75, 3.05) is 39.8 Å². The average molecular weight is 299 g/mol. The van der Waals surface area contributed by atoms with Gasteiger partial charge in [0, 0.05) is 31.7 Å². The molecule has 0 aromatic heterocycles. The fourth-order valence-electron chi connectivity index (χ4n) is 2.87. The summed E-state index contributed by atoms with van der Waals surface area (Å²) in [6.45, 7) is 12.9. The molecular formula is C16H33N3O2. The van der Waals surface area contributed by atoms with Crippen LogP contribution in [0, 0.1) is 0 Å². The van der Waals surface area contributed by atoms with E-state index in [-0.39, 0.29) is 12.0 Å². The van der Waals surface area contributed by atoms with Crippen molar-refractivity contribution in [3.8, 4) is 0 Å². The molecule has 0 radical (unpaired) electrons. The van der Waals surface area contributed by atoms with Gasteiger partial charge in [-0.1, -0.05) is 6.92 Å². The zero-order valence-electron chi connectivity index (χ0n) is 14.4. The Morgan fingerprint density at radius 2 is 1.90 bits per heavy atom. The summed E-state index contributed by atoms with van der Waals surface area (Å²) < 4.78 is 5.17. The molecule has 3 atom stereocenters. The van der Waals surface area contributed by atoms with Crippen molar-refractivity contribution in [2.45, 2.75) is 58.7 Å². The number of hydrogen-bond acceptors (Lipinski definition) is 5. The van der Waals surface area contributed by atoms with E-state index in [4.69, 9.17) is 4.74 Å². The molecule has 1 aliphatic rings. The highest BCUT2D eigenvalue weighted by Crippen LogP contribution is 2.14. The molecular weight excluding hydrogens is 266 g/mol. The minimum absolute atomic E-state index is 0.110. The molecule has 3 unspecified atom stereocenters. The van der Waals surface area contributed by atoms with E-state index in [0.717, 1.165) is 39.0 Å². The molecule has 1 aliphatic heterocycles. The van der Waals surface area contributed by atoms with Crippen molar-refractivity contribution >= 4 is 5.97 Å². The smallest absolute Gasteiger partial charge is 0.323 e. The normalized spacial score (nSPS) is 25.8. The van der Waals surface area contributed by atoms with Crippen LogP contribution in [0.4, 0.5) is 0 Å². The minimum Gasteiger partial charge on any atom is -0.465 e. The van der Waals surface area contributed by atoms with E-state index in [0.29, 0.717) is 18.7 Å². The number of nitrogens with zero attached hydrogens (tertiary/aromatic N) is 2. The summed E-state index contributed by atoms with van der Waals surface area (Å²) >= 11 is 0. The highest BCUT2D eigenvalue weighted by molar-refractivity contribution is 5.75. The van der Waals surface area contributed by atoms with Gasteiger partial charge in [0.25, 0.3) is 0 Å². The summed E-state index contributed by atoms with van der Waals surface area (Å²) in [4.78, 5) is 16.9. The highest BCUT2D eigenvalue weighted by atomic mass is 16.5. The predicted molar refractivity (Wildman–Crippen MR) is 86.5 cm³/mol. The number of esters is 1. The molecule has 1 N–H and O–H groups in total. The van der Waals surface area contributed by atoms with Crippen LogP contribution in [0.1, 0.15) is 40.5 Å². The maximum Gasteiger partial charge on any atom is 0.323 e. The van der Waals surface area contributed by atoms with Crippen molar-refractivity contribution in [1.82, 2.24) is 15.1 Å². The number of ether oxygens (including phenoxy) is 1. The lowest BCUT2D eigenvalue weighted by molar-refractivity contribution is -0.146. The first-order valence-electron chi connectivity index (χ1n) is 8.33. The number of rotatable bonds is 8. The molecule has 0 aliphatic carbocycles. The maximum absolute atomic E-state index is 12.0. The largest absolute Gasteiger partial charge is 0.465 e. The van der Waals surface area contributed by atoms with E-state index in [1.54, 1.807) is 0 Å². The Bertz CT molecular complexity index is 300. The topological polar surface area (TPSA) is 44.8 Å². The first-order valence-corrected chi connectivity index (χ1v) is 8.33. The molecule has 0 spiro atoms. The molecule has 0 amide bonds. The Hall–Kier alpha value is -0.650. The van der Waals surface area contributed by atoms with E-state index in [1.807, 2.05) is 6.92 Å². The van der Waals surface area contributed by atoms with E-state index >= 15 is 0 Å². The second-order valence-electron chi connectivity index (χ2n) is 6.17. The molecule has 5 nitrogen and oxygen atoms in total. The fraction of sp³-hybridized carbons (Fsp3) is 0.938. The van der Waals surface area contributed by atoms with Crippen LogP contribution in [0.15, 0.2) is 0 Å². The van der Waals surface area contributed by atoms with Crippen molar-refractivity contribution in [2.24, 2.45) is 0 Å². The van der Waals surface area contributed by atoms with Crippen LogP contribution in [0.25, 0.3) is 0 Å².